The van der Waals surface area contributed by atoms with Crippen LogP contribution in [-0.2, 0) is 26.3 Å². The van der Waals surface area contributed by atoms with Gasteiger partial charge >= 0.3 is 5.97 Å². The standard InChI is InChI=1S/C24H33N3O4S/c1-8-27(16(4)28)23-25-19(14-32-23)13-31-22(30)20(15(2)3)26-21(29)17-9-11-18(12-10-17)24(5,6)7/h9-12,14-15,20H,8,13H2,1-7H3,(H,26,29). The Kier molecular flexibility index (Phi) is 8.55. The van der Waals surface area contributed by atoms with Gasteiger partial charge in [0, 0.05) is 24.4 Å². The summed E-state index contributed by atoms with van der Waals surface area (Å²) in [6, 6.07) is 6.61. The molecule has 0 aliphatic heterocycles. The minimum atomic E-state index is -0.785. The summed E-state index contributed by atoms with van der Waals surface area (Å²) in [5.74, 6) is -1.09. The minimum absolute atomic E-state index is 0.00653. The van der Waals surface area contributed by atoms with Gasteiger partial charge in [0.15, 0.2) is 5.13 Å². The fourth-order valence-corrected chi connectivity index (χ4v) is 3.97. The fourth-order valence-electron chi connectivity index (χ4n) is 3.06. The number of anilines is 1. The van der Waals surface area contributed by atoms with E-state index in [1.54, 1.807) is 22.4 Å². The van der Waals surface area contributed by atoms with Gasteiger partial charge in [0.25, 0.3) is 5.91 Å². The number of hydrogen-bond acceptors (Lipinski definition) is 6. The summed E-state index contributed by atoms with van der Waals surface area (Å²) in [7, 11) is 0. The van der Waals surface area contributed by atoms with Gasteiger partial charge in [-0.1, -0.05) is 46.8 Å². The Morgan fingerprint density at radius 2 is 1.78 bits per heavy atom. The maximum absolute atomic E-state index is 12.7. The minimum Gasteiger partial charge on any atom is -0.458 e. The Morgan fingerprint density at radius 1 is 1.16 bits per heavy atom. The molecular weight excluding hydrogens is 426 g/mol. The number of hydrogen-bond donors (Lipinski definition) is 1. The van der Waals surface area contributed by atoms with Crippen LogP contribution in [0.25, 0.3) is 0 Å². The van der Waals surface area contributed by atoms with E-state index in [2.05, 4.69) is 31.1 Å². The maximum Gasteiger partial charge on any atom is 0.329 e. The summed E-state index contributed by atoms with van der Waals surface area (Å²) in [6.45, 7) is 13.9. The van der Waals surface area contributed by atoms with Gasteiger partial charge in [-0.3, -0.25) is 14.5 Å². The number of thiazole rings is 1. The van der Waals surface area contributed by atoms with E-state index in [4.69, 9.17) is 4.74 Å². The number of aromatic nitrogens is 1. The van der Waals surface area contributed by atoms with Crippen LogP contribution in [0.2, 0.25) is 0 Å². The first-order chi connectivity index (χ1) is 14.9. The molecule has 2 rings (SSSR count). The van der Waals surface area contributed by atoms with E-state index < -0.39 is 12.0 Å². The molecule has 174 valence electrons. The van der Waals surface area contributed by atoms with Gasteiger partial charge in [0.1, 0.15) is 12.6 Å². The van der Waals surface area contributed by atoms with Gasteiger partial charge in [-0.15, -0.1) is 11.3 Å². The number of amides is 2. The molecule has 1 unspecified atom stereocenters. The molecule has 1 N–H and O–H groups in total. The molecule has 0 radical (unpaired) electrons. The zero-order valence-corrected chi connectivity index (χ0v) is 20.7. The first-order valence-electron chi connectivity index (χ1n) is 10.7. The highest BCUT2D eigenvalue weighted by Gasteiger charge is 2.27. The molecule has 0 saturated heterocycles. The lowest BCUT2D eigenvalue weighted by atomic mass is 9.86. The maximum atomic E-state index is 12.7. The van der Waals surface area contributed by atoms with E-state index in [0.29, 0.717) is 22.9 Å². The fraction of sp³-hybridized carbons (Fsp3) is 0.500. The van der Waals surface area contributed by atoms with Crippen molar-refractivity contribution in [3.63, 3.8) is 0 Å². The van der Waals surface area contributed by atoms with Gasteiger partial charge in [-0.05, 0) is 36.0 Å². The van der Waals surface area contributed by atoms with Crippen molar-refractivity contribution in [2.24, 2.45) is 5.92 Å². The Morgan fingerprint density at radius 3 is 2.28 bits per heavy atom. The highest BCUT2D eigenvalue weighted by molar-refractivity contribution is 7.14. The Balaban J connectivity index is 2.01. The van der Waals surface area contributed by atoms with Crippen LogP contribution >= 0.6 is 11.3 Å². The number of carbonyl (C=O) groups is 3. The van der Waals surface area contributed by atoms with Crippen LogP contribution in [0.3, 0.4) is 0 Å². The topological polar surface area (TPSA) is 88.6 Å². The molecule has 1 aromatic heterocycles. The van der Waals surface area contributed by atoms with Crippen LogP contribution in [0.4, 0.5) is 5.13 Å². The predicted octanol–water partition coefficient (Wildman–Crippen LogP) is 4.31. The lowest BCUT2D eigenvalue weighted by Crippen LogP contribution is -2.45. The summed E-state index contributed by atoms with van der Waals surface area (Å²) < 4.78 is 5.43. The SMILES string of the molecule is CCN(C(C)=O)c1nc(COC(=O)C(NC(=O)c2ccc(C(C)(C)C)cc2)C(C)C)cs1. The highest BCUT2D eigenvalue weighted by atomic mass is 32.1. The number of carbonyl (C=O) groups excluding carboxylic acids is 3. The van der Waals surface area contributed by atoms with Gasteiger partial charge < -0.3 is 10.1 Å². The largest absolute Gasteiger partial charge is 0.458 e. The molecule has 1 heterocycles. The van der Waals surface area contributed by atoms with Crippen molar-refractivity contribution in [1.29, 1.82) is 0 Å². The number of ether oxygens (including phenoxy) is 1. The van der Waals surface area contributed by atoms with E-state index in [0.717, 1.165) is 5.56 Å². The first kappa shape index (κ1) is 25.5. The molecule has 2 amide bonds. The van der Waals surface area contributed by atoms with Crippen LogP contribution < -0.4 is 10.2 Å². The molecule has 0 fully saturated rings. The third-order valence-corrected chi connectivity index (χ3v) is 5.96. The number of benzene rings is 1. The molecule has 2 aromatic rings. The number of nitrogens with one attached hydrogen (secondary N) is 1. The molecule has 0 saturated carbocycles. The van der Waals surface area contributed by atoms with E-state index in [1.807, 2.05) is 32.9 Å². The van der Waals surface area contributed by atoms with Crippen LogP contribution in [0.15, 0.2) is 29.6 Å². The van der Waals surface area contributed by atoms with Crippen molar-refractivity contribution in [2.75, 3.05) is 11.4 Å². The zero-order valence-electron chi connectivity index (χ0n) is 19.9. The quantitative estimate of drug-likeness (QED) is 0.594. The summed E-state index contributed by atoms with van der Waals surface area (Å²) >= 11 is 1.32. The van der Waals surface area contributed by atoms with Crippen molar-refractivity contribution in [1.82, 2.24) is 10.3 Å². The molecule has 0 bridgehead atoms. The summed E-state index contributed by atoms with van der Waals surface area (Å²) in [5, 5.41) is 5.12. The molecule has 1 atom stereocenters. The van der Waals surface area contributed by atoms with Crippen molar-refractivity contribution in [3.8, 4) is 0 Å². The smallest absolute Gasteiger partial charge is 0.329 e. The van der Waals surface area contributed by atoms with Gasteiger partial charge in [0.2, 0.25) is 5.91 Å². The normalized spacial score (nSPS) is 12.4. The average molecular weight is 460 g/mol. The van der Waals surface area contributed by atoms with Crippen LogP contribution in [0, 0.1) is 5.92 Å². The monoisotopic (exact) mass is 459 g/mol. The third kappa shape index (κ3) is 6.63. The molecule has 0 aliphatic rings. The Hall–Kier alpha value is -2.74. The Labute approximate surface area is 194 Å². The third-order valence-electron chi connectivity index (χ3n) is 5.05. The number of esters is 1. The van der Waals surface area contributed by atoms with Crippen molar-refractivity contribution < 1.29 is 19.1 Å². The van der Waals surface area contributed by atoms with E-state index in [9.17, 15) is 14.4 Å². The molecule has 7 nitrogen and oxygen atoms in total. The first-order valence-corrected chi connectivity index (χ1v) is 11.6. The summed E-state index contributed by atoms with van der Waals surface area (Å²) in [4.78, 5) is 43.0. The van der Waals surface area contributed by atoms with E-state index >= 15 is 0 Å². The predicted molar refractivity (Wildman–Crippen MR) is 127 cm³/mol. The highest BCUT2D eigenvalue weighted by Crippen LogP contribution is 2.23. The van der Waals surface area contributed by atoms with Crippen molar-refractivity contribution >= 4 is 34.3 Å². The molecule has 32 heavy (non-hydrogen) atoms. The second-order valence-electron chi connectivity index (χ2n) is 9.01. The molecule has 1 aromatic carbocycles. The average Bonchev–Trinajstić information content (AvgIpc) is 3.18. The van der Waals surface area contributed by atoms with Gasteiger partial charge in [-0.25, -0.2) is 9.78 Å². The van der Waals surface area contributed by atoms with Gasteiger partial charge in [-0.2, -0.15) is 0 Å². The lowest BCUT2D eigenvalue weighted by Gasteiger charge is -2.22. The number of rotatable bonds is 8. The molecule has 0 spiro atoms. The lowest BCUT2D eigenvalue weighted by molar-refractivity contribution is -0.148. The van der Waals surface area contributed by atoms with Crippen LogP contribution in [-0.4, -0.2) is 35.4 Å². The van der Waals surface area contributed by atoms with Crippen LogP contribution in [0.1, 0.15) is 70.1 Å². The van der Waals surface area contributed by atoms with E-state index in [1.165, 1.54) is 18.3 Å². The van der Waals surface area contributed by atoms with Gasteiger partial charge in [0.05, 0.1) is 5.69 Å². The molecular formula is C24H33N3O4S. The second-order valence-corrected chi connectivity index (χ2v) is 9.85. The van der Waals surface area contributed by atoms with E-state index in [-0.39, 0.29) is 29.8 Å². The second kappa shape index (κ2) is 10.7. The molecule has 0 aliphatic carbocycles. The zero-order chi connectivity index (χ0) is 24.1. The Bertz CT molecular complexity index is 945. The number of nitrogens with zero attached hydrogens (tertiary/aromatic N) is 2. The summed E-state index contributed by atoms with van der Waals surface area (Å²) in [6.07, 6.45) is 0. The molecule has 8 heteroatoms. The summed E-state index contributed by atoms with van der Waals surface area (Å²) in [5.41, 5.74) is 2.17. The van der Waals surface area contributed by atoms with Crippen molar-refractivity contribution in [3.05, 3.63) is 46.5 Å². The van der Waals surface area contributed by atoms with Crippen LogP contribution in [0.5, 0.6) is 0 Å². The van der Waals surface area contributed by atoms with Crippen molar-refractivity contribution in [2.45, 2.75) is 66.5 Å².